The Morgan fingerprint density at radius 1 is 1.14 bits per heavy atom. The zero-order valence-corrected chi connectivity index (χ0v) is 16.6. The van der Waals surface area contributed by atoms with Crippen LogP contribution in [0.1, 0.15) is 12.5 Å². The van der Waals surface area contributed by atoms with Crippen molar-refractivity contribution in [2.45, 2.75) is 24.3 Å². The molecule has 2 aliphatic heterocycles. The topological polar surface area (TPSA) is 76.2 Å². The maximum absolute atomic E-state index is 13.0. The Balaban J connectivity index is 1.54. The first-order valence-corrected chi connectivity index (χ1v) is 10.6. The van der Waals surface area contributed by atoms with Crippen LogP contribution < -0.4 is 14.4 Å². The summed E-state index contributed by atoms with van der Waals surface area (Å²) in [5, 5.41) is 0. The molecule has 2 aliphatic rings. The summed E-state index contributed by atoms with van der Waals surface area (Å²) in [5.41, 5.74) is 1.95. The summed E-state index contributed by atoms with van der Waals surface area (Å²) in [7, 11) is -2.43. The minimum Gasteiger partial charge on any atom is -0.486 e. The van der Waals surface area contributed by atoms with Gasteiger partial charge in [-0.25, -0.2) is 8.42 Å². The van der Waals surface area contributed by atoms with Crippen LogP contribution in [0.4, 0.5) is 5.69 Å². The van der Waals surface area contributed by atoms with Crippen molar-refractivity contribution in [2.24, 2.45) is 0 Å². The van der Waals surface area contributed by atoms with E-state index in [1.54, 1.807) is 11.0 Å². The largest absolute Gasteiger partial charge is 0.486 e. The van der Waals surface area contributed by atoms with Crippen LogP contribution in [-0.4, -0.2) is 51.5 Å². The first kappa shape index (κ1) is 18.8. The van der Waals surface area contributed by atoms with Crippen LogP contribution in [0.15, 0.2) is 47.4 Å². The third kappa shape index (κ3) is 3.22. The van der Waals surface area contributed by atoms with Crippen molar-refractivity contribution in [3.63, 3.8) is 0 Å². The van der Waals surface area contributed by atoms with Crippen LogP contribution in [0.3, 0.4) is 0 Å². The van der Waals surface area contributed by atoms with Gasteiger partial charge in [0.05, 0.1) is 11.4 Å². The number of para-hydroxylation sites is 1. The van der Waals surface area contributed by atoms with Crippen LogP contribution >= 0.6 is 0 Å². The number of hydrogen-bond acceptors (Lipinski definition) is 5. The molecule has 0 aliphatic carbocycles. The van der Waals surface area contributed by atoms with E-state index in [1.165, 1.54) is 19.2 Å². The van der Waals surface area contributed by atoms with E-state index < -0.39 is 10.0 Å². The molecule has 2 aromatic rings. The van der Waals surface area contributed by atoms with Crippen LogP contribution in [0.5, 0.6) is 11.5 Å². The van der Waals surface area contributed by atoms with Gasteiger partial charge in [0.2, 0.25) is 15.9 Å². The first-order valence-electron chi connectivity index (χ1n) is 9.14. The lowest BCUT2D eigenvalue weighted by Gasteiger charge is -2.26. The fraction of sp³-hybridized carbons (Fsp3) is 0.350. The molecular formula is C20H22N2O5S. The van der Waals surface area contributed by atoms with Crippen LogP contribution in [-0.2, 0) is 21.2 Å². The molecule has 4 rings (SSSR count). The van der Waals surface area contributed by atoms with Gasteiger partial charge in [-0.1, -0.05) is 18.2 Å². The molecule has 0 saturated carbocycles. The molecule has 1 amide bonds. The molecule has 0 saturated heterocycles. The normalized spacial score (nSPS) is 18.2. The molecule has 1 unspecified atom stereocenters. The Morgan fingerprint density at radius 3 is 2.64 bits per heavy atom. The van der Waals surface area contributed by atoms with Crippen molar-refractivity contribution in [3.8, 4) is 11.5 Å². The second kappa shape index (κ2) is 7.10. The fourth-order valence-corrected chi connectivity index (χ4v) is 4.80. The van der Waals surface area contributed by atoms with Crippen molar-refractivity contribution in [2.75, 3.05) is 31.7 Å². The van der Waals surface area contributed by atoms with Gasteiger partial charge in [0.25, 0.3) is 0 Å². The van der Waals surface area contributed by atoms with E-state index in [2.05, 4.69) is 0 Å². The highest BCUT2D eigenvalue weighted by Gasteiger charge is 2.33. The first-order chi connectivity index (χ1) is 13.4. The Kier molecular flexibility index (Phi) is 4.76. The molecule has 0 N–H and O–H groups in total. The minimum absolute atomic E-state index is 0.00435. The van der Waals surface area contributed by atoms with Gasteiger partial charge < -0.3 is 14.4 Å². The lowest BCUT2D eigenvalue weighted by atomic mass is 10.1. The number of benzene rings is 2. The SMILES string of the molecule is CC1Cc2ccccc2N1C(=O)CN(C)S(=O)(=O)c1ccc2c(c1)OCCO2. The maximum Gasteiger partial charge on any atom is 0.243 e. The molecule has 0 fully saturated rings. The zero-order chi connectivity index (χ0) is 19.9. The number of likely N-dealkylation sites (N-methyl/N-ethyl adjacent to an activating group) is 1. The van der Waals surface area contributed by atoms with Crippen molar-refractivity contribution in [3.05, 3.63) is 48.0 Å². The molecule has 2 aromatic carbocycles. The minimum atomic E-state index is -3.84. The number of amides is 1. The quantitative estimate of drug-likeness (QED) is 0.782. The van der Waals surface area contributed by atoms with E-state index >= 15 is 0 Å². The molecular weight excluding hydrogens is 380 g/mol. The number of anilines is 1. The van der Waals surface area contributed by atoms with E-state index in [0.29, 0.717) is 24.7 Å². The maximum atomic E-state index is 13.0. The molecule has 28 heavy (non-hydrogen) atoms. The smallest absolute Gasteiger partial charge is 0.243 e. The molecule has 2 heterocycles. The van der Waals surface area contributed by atoms with Crippen LogP contribution in [0.25, 0.3) is 0 Å². The number of rotatable bonds is 4. The summed E-state index contributed by atoms with van der Waals surface area (Å²) in [6.45, 7) is 2.53. The van der Waals surface area contributed by atoms with E-state index in [0.717, 1.165) is 22.0 Å². The summed E-state index contributed by atoms with van der Waals surface area (Å²) in [6, 6.07) is 12.2. The number of carbonyl (C=O) groups is 1. The predicted octanol–water partition coefficient (Wildman–Crippen LogP) is 2.06. The third-order valence-corrected chi connectivity index (χ3v) is 6.86. The fourth-order valence-electron chi connectivity index (χ4n) is 3.66. The summed E-state index contributed by atoms with van der Waals surface area (Å²) < 4.78 is 37.9. The van der Waals surface area contributed by atoms with Gasteiger partial charge in [0, 0.05) is 24.8 Å². The third-order valence-electron chi connectivity index (χ3n) is 5.06. The molecule has 0 bridgehead atoms. The highest BCUT2D eigenvalue weighted by molar-refractivity contribution is 7.89. The number of ether oxygens (including phenoxy) is 2. The van der Waals surface area contributed by atoms with Gasteiger partial charge in [-0.05, 0) is 37.1 Å². The zero-order valence-electron chi connectivity index (χ0n) is 15.8. The van der Waals surface area contributed by atoms with Gasteiger partial charge in [-0.2, -0.15) is 4.31 Å². The second-order valence-corrected chi connectivity index (χ2v) is 9.06. The Bertz CT molecular complexity index is 1020. The number of carbonyl (C=O) groups excluding carboxylic acids is 1. The average Bonchev–Trinajstić information content (AvgIpc) is 3.03. The van der Waals surface area contributed by atoms with Crippen molar-refractivity contribution < 1.29 is 22.7 Å². The van der Waals surface area contributed by atoms with Crippen LogP contribution in [0, 0.1) is 0 Å². The number of sulfonamides is 1. The lowest BCUT2D eigenvalue weighted by molar-refractivity contribution is -0.118. The Labute approximate surface area is 164 Å². The highest BCUT2D eigenvalue weighted by atomic mass is 32.2. The van der Waals surface area contributed by atoms with Gasteiger partial charge in [0.15, 0.2) is 11.5 Å². The van der Waals surface area contributed by atoms with Crippen molar-refractivity contribution in [1.29, 1.82) is 0 Å². The Morgan fingerprint density at radius 2 is 1.86 bits per heavy atom. The van der Waals surface area contributed by atoms with E-state index in [4.69, 9.17) is 9.47 Å². The second-order valence-electron chi connectivity index (χ2n) is 7.01. The molecule has 7 nitrogen and oxygen atoms in total. The Hall–Kier alpha value is -2.58. The lowest BCUT2D eigenvalue weighted by Crippen LogP contribution is -2.43. The summed E-state index contributed by atoms with van der Waals surface area (Å²) >= 11 is 0. The van der Waals surface area contributed by atoms with Gasteiger partial charge in [-0.3, -0.25) is 4.79 Å². The average molecular weight is 402 g/mol. The summed E-state index contributed by atoms with van der Waals surface area (Å²) in [4.78, 5) is 14.7. The monoisotopic (exact) mass is 402 g/mol. The number of fused-ring (bicyclic) bond motifs is 2. The number of hydrogen-bond donors (Lipinski definition) is 0. The van der Waals surface area contributed by atoms with Crippen molar-refractivity contribution in [1.82, 2.24) is 4.31 Å². The van der Waals surface area contributed by atoms with Crippen LogP contribution in [0.2, 0.25) is 0 Å². The number of nitrogens with zero attached hydrogens (tertiary/aromatic N) is 2. The van der Waals surface area contributed by atoms with Crippen molar-refractivity contribution >= 4 is 21.6 Å². The summed E-state index contributed by atoms with van der Waals surface area (Å²) in [5.74, 6) is 0.668. The molecule has 1 atom stereocenters. The molecule has 0 spiro atoms. The van der Waals surface area contributed by atoms with Gasteiger partial charge in [-0.15, -0.1) is 0 Å². The molecule has 0 aromatic heterocycles. The summed E-state index contributed by atoms with van der Waals surface area (Å²) in [6.07, 6.45) is 0.764. The van der Waals surface area contributed by atoms with E-state index in [9.17, 15) is 13.2 Å². The molecule has 8 heteroatoms. The molecule has 0 radical (unpaired) electrons. The standard InChI is InChI=1S/C20H22N2O5S/c1-14-11-15-5-3-4-6-17(15)22(14)20(23)13-21(2)28(24,25)16-7-8-18-19(12-16)27-10-9-26-18/h3-8,12,14H,9-11,13H2,1-2H3. The van der Waals surface area contributed by atoms with Gasteiger partial charge in [0.1, 0.15) is 13.2 Å². The molecule has 148 valence electrons. The van der Waals surface area contributed by atoms with E-state index in [-0.39, 0.29) is 23.4 Å². The van der Waals surface area contributed by atoms with Gasteiger partial charge >= 0.3 is 0 Å². The van der Waals surface area contributed by atoms with E-state index in [1.807, 2.05) is 31.2 Å². The highest BCUT2D eigenvalue weighted by Crippen LogP contribution is 2.34. The predicted molar refractivity (Wildman–Crippen MR) is 104 cm³/mol.